The van der Waals surface area contributed by atoms with Gasteiger partial charge >= 0.3 is 0 Å². The molecule has 2 N–H and O–H groups in total. The van der Waals surface area contributed by atoms with Crippen molar-refractivity contribution in [2.24, 2.45) is 5.73 Å². The van der Waals surface area contributed by atoms with Crippen LogP contribution in [0, 0.1) is 13.0 Å². The maximum Gasteiger partial charge on any atom is 0.0171 e. The third kappa shape index (κ3) is 2.22. The second kappa shape index (κ2) is 4.24. The van der Waals surface area contributed by atoms with Gasteiger partial charge in [0.15, 0.2) is 0 Å². The number of benzene rings is 1. The van der Waals surface area contributed by atoms with Crippen molar-refractivity contribution in [2.45, 2.75) is 13.5 Å². The smallest absolute Gasteiger partial charge is 0.0171 e. The first-order valence-corrected chi connectivity index (χ1v) is 4.93. The number of hydrogen-bond donors (Lipinski definition) is 1. The Balaban J connectivity index is 2.40. The number of hydrogen-bond acceptors (Lipinski definition) is 2. The largest absolute Gasteiger partial charge is 0.327 e. The molecule has 1 aromatic carbocycles. The molecule has 0 saturated carbocycles. The van der Waals surface area contributed by atoms with Crippen molar-refractivity contribution in [1.82, 2.24) is 4.98 Å². The van der Waals surface area contributed by atoms with Gasteiger partial charge in [0, 0.05) is 12.7 Å². The van der Waals surface area contributed by atoms with E-state index in [9.17, 15) is 0 Å². The van der Waals surface area contributed by atoms with Crippen LogP contribution >= 0.6 is 0 Å². The van der Waals surface area contributed by atoms with Gasteiger partial charge in [-0.25, -0.2) is 0 Å². The molecule has 0 fully saturated rings. The molecule has 0 bridgehead atoms. The maximum absolute atomic E-state index is 5.58. The number of aryl methyl sites for hydroxylation is 1. The lowest BCUT2D eigenvalue weighted by Crippen LogP contribution is -1.97. The molecule has 0 aliphatic rings. The van der Waals surface area contributed by atoms with Gasteiger partial charge in [-0.3, -0.25) is 0 Å². The van der Waals surface area contributed by atoms with Crippen LogP contribution in [-0.2, 0) is 6.54 Å². The lowest BCUT2D eigenvalue weighted by atomic mass is 10.1. The Morgan fingerprint density at radius 3 is 2.87 bits per heavy atom. The predicted molar refractivity (Wildman–Crippen MR) is 61.1 cm³/mol. The Kier molecular flexibility index (Phi) is 2.79. The topological polar surface area (TPSA) is 38.9 Å². The van der Waals surface area contributed by atoms with Gasteiger partial charge < -0.3 is 10.7 Å². The molecule has 2 rings (SSSR count). The number of nitrogens with two attached hydrogens (primary N) is 1. The Hall–Kier alpha value is -1.67. The van der Waals surface area contributed by atoms with Gasteiger partial charge in [-0.15, -0.1) is 35.4 Å². The maximum atomic E-state index is 5.58. The minimum atomic E-state index is 0.543. The van der Waals surface area contributed by atoms with Crippen LogP contribution in [0.15, 0.2) is 36.5 Å². The van der Waals surface area contributed by atoms with Gasteiger partial charge in [0.25, 0.3) is 0 Å². The van der Waals surface area contributed by atoms with E-state index in [-0.39, 0.29) is 0 Å². The van der Waals surface area contributed by atoms with Crippen molar-refractivity contribution in [3.05, 3.63) is 53.7 Å². The zero-order valence-electron chi connectivity index (χ0n) is 8.70. The summed E-state index contributed by atoms with van der Waals surface area (Å²) < 4.78 is 0. The fourth-order valence-corrected chi connectivity index (χ4v) is 1.41. The van der Waals surface area contributed by atoms with E-state index in [1.165, 1.54) is 5.56 Å². The summed E-state index contributed by atoms with van der Waals surface area (Å²) in [5.74, 6) is 0. The Morgan fingerprint density at radius 1 is 1.33 bits per heavy atom. The van der Waals surface area contributed by atoms with Crippen molar-refractivity contribution >= 4 is 0 Å². The van der Waals surface area contributed by atoms with E-state index in [0.717, 1.165) is 16.8 Å². The number of rotatable bonds is 2. The first kappa shape index (κ1) is 9.87. The van der Waals surface area contributed by atoms with Crippen LogP contribution in [0.1, 0.15) is 11.1 Å². The molecule has 15 heavy (non-hydrogen) atoms. The van der Waals surface area contributed by atoms with Crippen LogP contribution < -0.4 is 5.73 Å². The van der Waals surface area contributed by atoms with Crippen LogP contribution in [-0.4, -0.2) is 4.98 Å². The van der Waals surface area contributed by atoms with Gasteiger partial charge in [-0.1, -0.05) is 13.0 Å². The second-order valence-electron chi connectivity index (χ2n) is 3.53. The molecule has 0 spiro atoms. The van der Waals surface area contributed by atoms with E-state index >= 15 is 0 Å². The van der Waals surface area contributed by atoms with Gasteiger partial charge in [0.2, 0.25) is 0 Å². The van der Waals surface area contributed by atoms with Crippen LogP contribution in [0.4, 0.5) is 0 Å². The molecule has 76 valence electrons. The molecule has 0 saturated heterocycles. The average molecular weight is 197 g/mol. The van der Waals surface area contributed by atoms with Crippen LogP contribution in [0.3, 0.4) is 0 Å². The molecule has 0 aliphatic heterocycles. The molecule has 0 radical (unpaired) electrons. The van der Waals surface area contributed by atoms with Gasteiger partial charge in [-0.05, 0) is 17.3 Å². The minimum absolute atomic E-state index is 0.543. The minimum Gasteiger partial charge on any atom is -0.327 e. The first-order chi connectivity index (χ1) is 7.29. The molecule has 2 nitrogen and oxygen atoms in total. The highest BCUT2D eigenvalue weighted by Gasteiger charge is 1.92. The number of pyridine rings is 1. The van der Waals surface area contributed by atoms with Crippen LogP contribution in [0.25, 0.3) is 11.3 Å². The van der Waals surface area contributed by atoms with Crippen molar-refractivity contribution in [1.29, 1.82) is 0 Å². The SMILES string of the molecule is Cc1c[c-]c(-c2cc(CN)ccn2)cc1. The van der Waals surface area contributed by atoms with Crippen LogP contribution in [0.2, 0.25) is 0 Å². The summed E-state index contributed by atoms with van der Waals surface area (Å²) in [5, 5.41) is 0. The van der Waals surface area contributed by atoms with Crippen molar-refractivity contribution in [3.8, 4) is 11.3 Å². The lowest BCUT2D eigenvalue weighted by molar-refractivity contribution is 1.06. The summed E-state index contributed by atoms with van der Waals surface area (Å²) in [7, 11) is 0. The highest BCUT2D eigenvalue weighted by Crippen LogP contribution is 2.17. The van der Waals surface area contributed by atoms with Gasteiger partial charge in [-0.2, -0.15) is 0 Å². The summed E-state index contributed by atoms with van der Waals surface area (Å²) in [5.41, 5.74) is 9.82. The quantitative estimate of drug-likeness (QED) is 0.750. The average Bonchev–Trinajstić information content (AvgIpc) is 2.30. The predicted octanol–water partition coefficient (Wildman–Crippen LogP) is 2.32. The van der Waals surface area contributed by atoms with E-state index in [1.807, 2.05) is 31.2 Å². The van der Waals surface area contributed by atoms with E-state index in [2.05, 4.69) is 17.1 Å². The molecular formula is C13H13N2-. The Labute approximate surface area is 89.8 Å². The molecule has 2 heteroatoms. The standard InChI is InChI=1S/C13H13N2/c1-10-2-4-12(5-3-10)13-8-11(9-14)6-7-15-13/h2-4,6-8H,9,14H2,1H3/q-1. The second-order valence-corrected chi connectivity index (χ2v) is 3.53. The van der Waals surface area contributed by atoms with Crippen molar-refractivity contribution in [2.75, 3.05) is 0 Å². The highest BCUT2D eigenvalue weighted by atomic mass is 14.7. The molecule has 2 aromatic rings. The third-order valence-electron chi connectivity index (χ3n) is 2.30. The Morgan fingerprint density at radius 2 is 2.20 bits per heavy atom. The fraction of sp³-hybridized carbons (Fsp3) is 0.154. The number of nitrogens with zero attached hydrogens (tertiary/aromatic N) is 1. The third-order valence-corrected chi connectivity index (χ3v) is 2.30. The summed E-state index contributed by atoms with van der Waals surface area (Å²) in [4.78, 5) is 4.30. The molecule has 0 atom stereocenters. The summed E-state index contributed by atoms with van der Waals surface area (Å²) in [6.07, 6.45) is 1.78. The van der Waals surface area contributed by atoms with E-state index < -0.39 is 0 Å². The molecule has 1 heterocycles. The molecule has 0 amide bonds. The van der Waals surface area contributed by atoms with E-state index in [0.29, 0.717) is 6.54 Å². The van der Waals surface area contributed by atoms with E-state index in [1.54, 1.807) is 6.20 Å². The lowest BCUT2D eigenvalue weighted by Gasteiger charge is -2.10. The number of aromatic nitrogens is 1. The van der Waals surface area contributed by atoms with Crippen molar-refractivity contribution < 1.29 is 0 Å². The normalized spacial score (nSPS) is 10.3. The Bertz CT molecular complexity index is 446. The monoisotopic (exact) mass is 197 g/mol. The molecule has 0 aliphatic carbocycles. The molecular weight excluding hydrogens is 184 g/mol. The van der Waals surface area contributed by atoms with Crippen molar-refractivity contribution in [3.63, 3.8) is 0 Å². The summed E-state index contributed by atoms with van der Waals surface area (Å²) in [6, 6.07) is 13.2. The zero-order chi connectivity index (χ0) is 10.7. The highest BCUT2D eigenvalue weighted by molar-refractivity contribution is 5.59. The summed E-state index contributed by atoms with van der Waals surface area (Å²) in [6.45, 7) is 2.59. The summed E-state index contributed by atoms with van der Waals surface area (Å²) >= 11 is 0. The molecule has 0 unspecified atom stereocenters. The molecule has 1 aromatic heterocycles. The van der Waals surface area contributed by atoms with Gasteiger partial charge in [0.1, 0.15) is 0 Å². The first-order valence-electron chi connectivity index (χ1n) is 4.93. The van der Waals surface area contributed by atoms with E-state index in [4.69, 9.17) is 5.73 Å². The van der Waals surface area contributed by atoms with Gasteiger partial charge in [0.05, 0.1) is 0 Å². The van der Waals surface area contributed by atoms with Crippen LogP contribution in [0.5, 0.6) is 0 Å². The zero-order valence-corrected chi connectivity index (χ0v) is 8.70. The fourth-order valence-electron chi connectivity index (χ4n) is 1.41.